The standard InChI is InChI=1S/C31H29ClF3NO2.ClH/c32-28-16-24(34)8-10-26(28)27-4-1-3-20-14-23(31(37)38)7-9-25(20)30(27)22-6-5-21(29(35)15-22)13-19-17-36(18-19)12-2-11-33;/h5-10,14-16,19H,1-4,11-13,17-18H2,(H,37,38);1H. The molecule has 1 aliphatic carbocycles. The number of benzene rings is 3. The minimum Gasteiger partial charge on any atom is -0.478 e. The molecule has 8 heteroatoms. The quantitative estimate of drug-likeness (QED) is 0.297. The predicted octanol–water partition coefficient (Wildman–Crippen LogP) is 7.87. The first-order valence-electron chi connectivity index (χ1n) is 13.0. The van der Waals surface area contributed by atoms with Gasteiger partial charge in [-0.3, -0.25) is 4.39 Å². The first-order chi connectivity index (χ1) is 18.3. The fourth-order valence-corrected chi connectivity index (χ4v) is 5.99. The van der Waals surface area contributed by atoms with E-state index >= 15 is 4.39 Å². The molecule has 1 saturated heterocycles. The number of carbonyl (C=O) groups is 1. The number of rotatable bonds is 8. The van der Waals surface area contributed by atoms with Crippen molar-refractivity contribution in [3.8, 4) is 0 Å². The third kappa shape index (κ3) is 6.34. The van der Waals surface area contributed by atoms with Crippen molar-refractivity contribution in [2.75, 3.05) is 26.3 Å². The summed E-state index contributed by atoms with van der Waals surface area (Å²) in [6, 6.07) is 14.6. The highest BCUT2D eigenvalue weighted by Crippen LogP contribution is 2.42. The van der Waals surface area contributed by atoms with E-state index in [9.17, 15) is 18.7 Å². The Bertz CT molecular complexity index is 1400. The molecule has 39 heavy (non-hydrogen) atoms. The summed E-state index contributed by atoms with van der Waals surface area (Å²) in [6.07, 6.45) is 3.17. The van der Waals surface area contributed by atoms with Gasteiger partial charge in [0.05, 0.1) is 17.3 Å². The number of carboxylic acid groups (broad SMARTS) is 1. The fourth-order valence-electron chi connectivity index (χ4n) is 5.71. The van der Waals surface area contributed by atoms with Gasteiger partial charge in [-0.1, -0.05) is 35.9 Å². The number of aromatic carboxylic acids is 1. The van der Waals surface area contributed by atoms with Gasteiger partial charge in [0.15, 0.2) is 0 Å². The van der Waals surface area contributed by atoms with E-state index in [-0.39, 0.29) is 35.5 Å². The number of nitrogens with zero attached hydrogens (tertiary/aromatic N) is 1. The molecule has 206 valence electrons. The Labute approximate surface area is 237 Å². The Morgan fingerprint density at radius 2 is 1.77 bits per heavy atom. The van der Waals surface area contributed by atoms with E-state index in [0.29, 0.717) is 48.3 Å². The predicted molar refractivity (Wildman–Crippen MR) is 152 cm³/mol. The van der Waals surface area contributed by atoms with Gasteiger partial charge in [-0.05, 0) is 107 Å². The van der Waals surface area contributed by atoms with Crippen molar-refractivity contribution >= 4 is 41.1 Å². The van der Waals surface area contributed by atoms with E-state index in [2.05, 4.69) is 4.90 Å². The average molecular weight is 576 g/mol. The van der Waals surface area contributed by atoms with Crippen LogP contribution in [-0.4, -0.2) is 42.3 Å². The molecule has 0 unspecified atom stereocenters. The molecule has 0 spiro atoms. The molecular weight excluding hydrogens is 546 g/mol. The molecule has 1 fully saturated rings. The maximum absolute atomic E-state index is 15.5. The Balaban J connectivity index is 0.00000353. The fraction of sp³-hybridized carbons (Fsp3) is 0.323. The monoisotopic (exact) mass is 575 g/mol. The molecule has 1 N–H and O–H groups in total. The normalized spacial score (nSPS) is 15.8. The topological polar surface area (TPSA) is 40.5 Å². The van der Waals surface area contributed by atoms with Gasteiger partial charge in [-0.2, -0.15) is 0 Å². The maximum atomic E-state index is 15.5. The van der Waals surface area contributed by atoms with Crippen LogP contribution in [0, 0.1) is 17.6 Å². The van der Waals surface area contributed by atoms with Crippen LogP contribution in [0.1, 0.15) is 57.4 Å². The zero-order valence-electron chi connectivity index (χ0n) is 21.4. The highest BCUT2D eigenvalue weighted by atomic mass is 35.5. The number of fused-ring (bicyclic) bond motifs is 1. The number of allylic oxidation sites excluding steroid dienone is 1. The van der Waals surface area contributed by atoms with Crippen molar-refractivity contribution in [1.82, 2.24) is 4.90 Å². The largest absolute Gasteiger partial charge is 0.478 e. The summed E-state index contributed by atoms with van der Waals surface area (Å²) in [7, 11) is 0. The molecule has 3 aromatic carbocycles. The minimum atomic E-state index is -1.00. The smallest absolute Gasteiger partial charge is 0.335 e. The first-order valence-corrected chi connectivity index (χ1v) is 13.3. The molecule has 3 aromatic rings. The lowest BCUT2D eigenvalue weighted by molar-refractivity contribution is 0.0696. The lowest BCUT2D eigenvalue weighted by atomic mass is 9.86. The van der Waals surface area contributed by atoms with E-state index in [0.717, 1.165) is 48.3 Å². The second-order valence-corrected chi connectivity index (χ2v) is 10.6. The Morgan fingerprint density at radius 3 is 2.46 bits per heavy atom. The molecule has 0 aromatic heterocycles. The number of carboxylic acids is 1. The summed E-state index contributed by atoms with van der Waals surface area (Å²) in [5.74, 6) is -1.39. The van der Waals surface area contributed by atoms with E-state index in [4.69, 9.17) is 11.6 Å². The minimum absolute atomic E-state index is 0. The molecule has 2 aliphatic rings. The van der Waals surface area contributed by atoms with Crippen LogP contribution in [0.5, 0.6) is 0 Å². The second kappa shape index (κ2) is 12.6. The van der Waals surface area contributed by atoms with Gasteiger partial charge in [0.1, 0.15) is 11.6 Å². The summed E-state index contributed by atoms with van der Waals surface area (Å²) in [5.41, 5.74) is 5.57. The molecule has 0 saturated carbocycles. The van der Waals surface area contributed by atoms with Crippen LogP contribution >= 0.6 is 24.0 Å². The van der Waals surface area contributed by atoms with Crippen molar-refractivity contribution in [2.24, 2.45) is 5.92 Å². The first kappa shape index (κ1) is 29.2. The third-order valence-corrected chi connectivity index (χ3v) is 7.86. The van der Waals surface area contributed by atoms with Gasteiger partial charge in [-0.25, -0.2) is 13.6 Å². The molecule has 0 atom stereocenters. The summed E-state index contributed by atoms with van der Waals surface area (Å²) in [4.78, 5) is 13.8. The molecule has 0 amide bonds. The van der Waals surface area contributed by atoms with Crippen LogP contribution in [0.4, 0.5) is 13.2 Å². The van der Waals surface area contributed by atoms with Gasteiger partial charge in [0.2, 0.25) is 0 Å². The zero-order chi connectivity index (χ0) is 26.8. The third-order valence-electron chi connectivity index (χ3n) is 7.54. The van der Waals surface area contributed by atoms with Gasteiger partial charge in [0, 0.05) is 19.6 Å². The van der Waals surface area contributed by atoms with Gasteiger partial charge in [-0.15, -0.1) is 12.4 Å². The molecule has 1 heterocycles. The molecule has 0 radical (unpaired) electrons. The Hall–Kier alpha value is -2.80. The van der Waals surface area contributed by atoms with Crippen molar-refractivity contribution in [2.45, 2.75) is 32.1 Å². The SMILES string of the molecule is Cl.O=C(O)c1ccc2c(c1)CCCC(c1ccc(F)cc1Cl)=C2c1ccc(CC2CN(CCCF)C2)c(F)c1. The van der Waals surface area contributed by atoms with Crippen LogP contribution in [0.25, 0.3) is 11.1 Å². The van der Waals surface area contributed by atoms with Crippen molar-refractivity contribution < 1.29 is 23.1 Å². The molecule has 5 rings (SSSR count). The van der Waals surface area contributed by atoms with Crippen molar-refractivity contribution in [3.63, 3.8) is 0 Å². The summed E-state index contributed by atoms with van der Waals surface area (Å²) in [6.45, 7) is 2.11. The Kier molecular flexibility index (Phi) is 9.42. The zero-order valence-corrected chi connectivity index (χ0v) is 22.9. The second-order valence-electron chi connectivity index (χ2n) is 10.2. The van der Waals surface area contributed by atoms with E-state index < -0.39 is 11.8 Å². The van der Waals surface area contributed by atoms with E-state index in [1.54, 1.807) is 30.3 Å². The van der Waals surface area contributed by atoms with Gasteiger partial charge in [0.25, 0.3) is 0 Å². The lowest BCUT2D eigenvalue weighted by Crippen LogP contribution is -2.48. The van der Waals surface area contributed by atoms with Crippen LogP contribution in [0.3, 0.4) is 0 Å². The number of alkyl halides is 1. The van der Waals surface area contributed by atoms with Crippen LogP contribution < -0.4 is 0 Å². The van der Waals surface area contributed by atoms with Crippen LogP contribution in [0.15, 0.2) is 54.6 Å². The summed E-state index contributed by atoms with van der Waals surface area (Å²) < 4.78 is 41.8. The average Bonchev–Trinajstić information content (AvgIpc) is 3.05. The summed E-state index contributed by atoms with van der Waals surface area (Å²) >= 11 is 6.49. The number of halogens is 5. The molecule has 0 bridgehead atoms. The van der Waals surface area contributed by atoms with Crippen molar-refractivity contribution in [1.29, 1.82) is 0 Å². The Morgan fingerprint density at radius 1 is 1.00 bits per heavy atom. The van der Waals surface area contributed by atoms with E-state index in [1.807, 2.05) is 12.1 Å². The van der Waals surface area contributed by atoms with Crippen LogP contribution in [0.2, 0.25) is 5.02 Å². The highest BCUT2D eigenvalue weighted by Gasteiger charge is 2.28. The number of likely N-dealkylation sites (tertiary alicyclic amines) is 1. The number of aryl methyl sites for hydroxylation is 1. The highest BCUT2D eigenvalue weighted by molar-refractivity contribution is 6.32. The number of hydrogen-bond donors (Lipinski definition) is 1. The van der Waals surface area contributed by atoms with Crippen molar-refractivity contribution in [3.05, 3.63) is 105 Å². The number of hydrogen-bond acceptors (Lipinski definition) is 2. The maximum Gasteiger partial charge on any atom is 0.335 e. The lowest BCUT2D eigenvalue weighted by Gasteiger charge is -2.39. The van der Waals surface area contributed by atoms with Crippen LogP contribution in [-0.2, 0) is 12.8 Å². The van der Waals surface area contributed by atoms with Gasteiger partial charge < -0.3 is 10.0 Å². The molecular formula is C31H30Cl2F3NO2. The van der Waals surface area contributed by atoms with Gasteiger partial charge >= 0.3 is 5.97 Å². The van der Waals surface area contributed by atoms with E-state index in [1.165, 1.54) is 12.1 Å². The molecule has 1 aliphatic heterocycles. The summed E-state index contributed by atoms with van der Waals surface area (Å²) in [5, 5.41) is 9.80. The molecule has 3 nitrogen and oxygen atoms in total.